The van der Waals surface area contributed by atoms with Crippen molar-refractivity contribution in [3.8, 4) is 0 Å². The summed E-state index contributed by atoms with van der Waals surface area (Å²) in [6.07, 6.45) is 5.97. The summed E-state index contributed by atoms with van der Waals surface area (Å²) >= 11 is 1.57. The lowest BCUT2D eigenvalue weighted by Gasteiger charge is -2.17. The maximum Gasteiger partial charge on any atom is 0.318 e. The van der Waals surface area contributed by atoms with Crippen molar-refractivity contribution in [2.75, 3.05) is 13.2 Å². The summed E-state index contributed by atoms with van der Waals surface area (Å²) in [5, 5.41) is 2.53. The molecule has 3 N–H and O–H groups in total. The molecule has 0 aromatic carbocycles. The number of thiophene rings is 1. The van der Waals surface area contributed by atoms with Crippen LogP contribution in [0.15, 0.2) is 4.79 Å². The van der Waals surface area contributed by atoms with E-state index >= 15 is 0 Å². The van der Waals surface area contributed by atoms with Gasteiger partial charge in [-0.3, -0.25) is 24.3 Å². The third kappa shape index (κ3) is 4.99. The Kier molecular flexibility index (Phi) is 6.85. The molecular weight excluding hydrogens is 436 g/mol. The smallest absolute Gasteiger partial charge is 0.318 e. The van der Waals surface area contributed by atoms with E-state index in [0.29, 0.717) is 24.4 Å². The third-order valence-corrected chi connectivity index (χ3v) is 6.93. The van der Waals surface area contributed by atoms with Crippen LogP contribution in [-0.2, 0) is 44.9 Å². The van der Waals surface area contributed by atoms with Crippen LogP contribution in [0.1, 0.15) is 48.4 Å². The number of rotatable bonds is 7. The van der Waals surface area contributed by atoms with Gasteiger partial charge in [-0.25, -0.2) is 9.78 Å². The number of urea groups is 1. The average molecular weight is 463 g/mol. The van der Waals surface area contributed by atoms with Crippen molar-refractivity contribution in [1.82, 2.24) is 14.9 Å². The van der Waals surface area contributed by atoms with Gasteiger partial charge in [0.2, 0.25) is 0 Å². The summed E-state index contributed by atoms with van der Waals surface area (Å²) in [5.41, 5.74) is 5.90. The van der Waals surface area contributed by atoms with Gasteiger partial charge in [0, 0.05) is 17.9 Å². The standard InChI is InChI=1S/C21H26N4O6S/c22-21(29)24-16(26)11-31-17(27)8-7-15-23-19-18(13-5-1-2-6-14(13)32-19)20(28)25(15)10-12-4-3-9-30-12/h12H,1-11H2,(H3,22,24,26,29)/t12-/m0/s1. The number of aromatic nitrogens is 2. The molecule has 1 atom stereocenters. The summed E-state index contributed by atoms with van der Waals surface area (Å²) in [6, 6.07) is -1.01. The van der Waals surface area contributed by atoms with Crippen molar-refractivity contribution in [1.29, 1.82) is 0 Å². The first kappa shape index (κ1) is 22.4. The predicted molar refractivity (Wildman–Crippen MR) is 117 cm³/mol. The van der Waals surface area contributed by atoms with Gasteiger partial charge in [-0.1, -0.05) is 0 Å². The molecule has 0 saturated carbocycles. The van der Waals surface area contributed by atoms with Gasteiger partial charge in [0.1, 0.15) is 10.7 Å². The Morgan fingerprint density at radius 2 is 2.06 bits per heavy atom. The molecule has 1 aliphatic heterocycles. The van der Waals surface area contributed by atoms with E-state index in [0.717, 1.165) is 48.9 Å². The normalized spacial score (nSPS) is 17.8. The second-order valence-electron chi connectivity index (χ2n) is 8.04. The number of aryl methyl sites for hydroxylation is 3. The second-order valence-corrected chi connectivity index (χ2v) is 9.13. The number of ether oxygens (including phenoxy) is 2. The molecule has 2 aliphatic rings. The van der Waals surface area contributed by atoms with Crippen molar-refractivity contribution >= 4 is 39.5 Å². The Morgan fingerprint density at radius 3 is 2.81 bits per heavy atom. The Labute approximate surface area is 188 Å². The lowest BCUT2D eigenvalue weighted by atomic mass is 9.97. The first-order valence-electron chi connectivity index (χ1n) is 10.8. The monoisotopic (exact) mass is 462 g/mol. The van der Waals surface area contributed by atoms with Gasteiger partial charge in [-0.2, -0.15) is 0 Å². The molecule has 1 aliphatic carbocycles. The maximum absolute atomic E-state index is 13.5. The van der Waals surface area contributed by atoms with E-state index in [1.54, 1.807) is 15.9 Å². The van der Waals surface area contributed by atoms with E-state index in [4.69, 9.17) is 20.2 Å². The van der Waals surface area contributed by atoms with E-state index in [1.165, 1.54) is 4.88 Å². The fourth-order valence-electron chi connectivity index (χ4n) is 4.26. The summed E-state index contributed by atoms with van der Waals surface area (Å²) in [6.45, 7) is 0.477. The van der Waals surface area contributed by atoms with Gasteiger partial charge in [0.05, 0.1) is 24.5 Å². The molecule has 1 saturated heterocycles. The number of hydrogen-bond acceptors (Lipinski definition) is 8. The van der Waals surface area contributed by atoms with E-state index in [2.05, 4.69) is 0 Å². The number of carbonyl (C=O) groups is 3. The lowest BCUT2D eigenvalue weighted by molar-refractivity contribution is -0.148. The van der Waals surface area contributed by atoms with Crippen molar-refractivity contribution in [2.24, 2.45) is 5.73 Å². The largest absolute Gasteiger partial charge is 0.456 e. The molecule has 172 valence electrons. The highest BCUT2D eigenvalue weighted by atomic mass is 32.1. The number of primary amides is 1. The molecule has 1 fully saturated rings. The highest BCUT2D eigenvalue weighted by Gasteiger charge is 2.25. The molecule has 0 unspecified atom stereocenters. The van der Waals surface area contributed by atoms with Crippen molar-refractivity contribution < 1.29 is 23.9 Å². The second kappa shape index (κ2) is 9.78. The van der Waals surface area contributed by atoms with Gasteiger partial charge >= 0.3 is 12.0 Å². The number of nitrogens with two attached hydrogens (primary N) is 1. The van der Waals surface area contributed by atoms with Gasteiger partial charge in [-0.05, 0) is 44.1 Å². The molecule has 4 rings (SSSR count). The average Bonchev–Trinajstić information content (AvgIpc) is 3.39. The molecule has 0 bridgehead atoms. The number of imide groups is 1. The zero-order valence-corrected chi connectivity index (χ0v) is 18.5. The first-order valence-corrected chi connectivity index (χ1v) is 11.6. The highest BCUT2D eigenvalue weighted by Crippen LogP contribution is 2.34. The van der Waals surface area contributed by atoms with Crippen LogP contribution in [0.25, 0.3) is 10.2 Å². The van der Waals surface area contributed by atoms with Crippen LogP contribution >= 0.6 is 11.3 Å². The minimum absolute atomic E-state index is 0.0513. The first-order chi connectivity index (χ1) is 15.4. The Balaban J connectivity index is 1.55. The Morgan fingerprint density at radius 1 is 1.25 bits per heavy atom. The number of nitrogens with zero attached hydrogens (tertiary/aromatic N) is 2. The van der Waals surface area contributed by atoms with Gasteiger partial charge in [-0.15, -0.1) is 11.3 Å². The molecule has 0 radical (unpaired) electrons. The third-order valence-electron chi connectivity index (χ3n) is 5.74. The molecule has 3 heterocycles. The van der Waals surface area contributed by atoms with Crippen molar-refractivity contribution in [3.63, 3.8) is 0 Å². The minimum Gasteiger partial charge on any atom is -0.456 e. The Hall–Kier alpha value is -2.79. The summed E-state index contributed by atoms with van der Waals surface area (Å²) in [4.78, 5) is 54.4. The molecule has 3 amide bonds. The number of amides is 3. The van der Waals surface area contributed by atoms with Crippen LogP contribution in [-0.4, -0.2) is 46.8 Å². The van der Waals surface area contributed by atoms with Crippen LogP contribution in [0.4, 0.5) is 4.79 Å². The number of fused-ring (bicyclic) bond motifs is 3. The molecule has 2 aromatic heterocycles. The highest BCUT2D eigenvalue weighted by molar-refractivity contribution is 7.18. The van der Waals surface area contributed by atoms with Gasteiger partial charge in [0.25, 0.3) is 11.5 Å². The van der Waals surface area contributed by atoms with E-state index < -0.39 is 24.5 Å². The summed E-state index contributed by atoms with van der Waals surface area (Å²) in [7, 11) is 0. The zero-order valence-electron chi connectivity index (χ0n) is 17.7. The molecule has 10 nitrogen and oxygen atoms in total. The van der Waals surface area contributed by atoms with Gasteiger partial charge in [0.15, 0.2) is 6.61 Å². The summed E-state index contributed by atoms with van der Waals surface area (Å²) < 4.78 is 12.3. The maximum atomic E-state index is 13.5. The van der Waals surface area contributed by atoms with Crippen LogP contribution in [0.5, 0.6) is 0 Å². The van der Waals surface area contributed by atoms with Crippen LogP contribution in [0.3, 0.4) is 0 Å². The molecule has 11 heteroatoms. The fourth-order valence-corrected chi connectivity index (χ4v) is 5.53. The van der Waals surface area contributed by atoms with Crippen LogP contribution < -0.4 is 16.6 Å². The SMILES string of the molecule is NC(=O)NC(=O)COC(=O)CCc1nc2sc3c(c2c(=O)n1C[C@@H]1CCCO1)CCCC3. The minimum atomic E-state index is -1.01. The van der Waals surface area contributed by atoms with E-state index in [-0.39, 0.29) is 24.5 Å². The fraction of sp³-hybridized carbons (Fsp3) is 0.571. The molecule has 32 heavy (non-hydrogen) atoms. The predicted octanol–water partition coefficient (Wildman–Crippen LogP) is 1.19. The number of hydrogen-bond donors (Lipinski definition) is 2. The molecular formula is C21H26N4O6S. The topological polar surface area (TPSA) is 143 Å². The van der Waals surface area contributed by atoms with E-state index in [9.17, 15) is 19.2 Å². The number of carbonyl (C=O) groups excluding carboxylic acids is 3. The molecule has 0 spiro atoms. The lowest BCUT2D eigenvalue weighted by Crippen LogP contribution is -2.37. The van der Waals surface area contributed by atoms with Gasteiger partial charge < -0.3 is 15.2 Å². The Bertz CT molecular complexity index is 1100. The zero-order chi connectivity index (χ0) is 22.7. The van der Waals surface area contributed by atoms with Crippen molar-refractivity contribution in [2.45, 2.75) is 64.0 Å². The number of esters is 1. The number of nitrogens with one attached hydrogen (secondary N) is 1. The van der Waals surface area contributed by atoms with E-state index in [1.807, 2.05) is 5.32 Å². The van der Waals surface area contributed by atoms with Crippen molar-refractivity contribution in [3.05, 3.63) is 26.6 Å². The van der Waals surface area contributed by atoms with Crippen LogP contribution in [0.2, 0.25) is 0 Å². The van der Waals surface area contributed by atoms with Crippen LogP contribution in [0, 0.1) is 0 Å². The molecule has 2 aromatic rings. The quantitative estimate of drug-likeness (QED) is 0.588. The summed E-state index contributed by atoms with van der Waals surface area (Å²) in [5.74, 6) is -0.923.